The van der Waals surface area contributed by atoms with Crippen molar-refractivity contribution in [3.63, 3.8) is 0 Å². The van der Waals surface area contributed by atoms with E-state index in [-0.39, 0.29) is 11.4 Å². The van der Waals surface area contributed by atoms with Crippen molar-refractivity contribution in [1.29, 1.82) is 0 Å². The lowest BCUT2D eigenvalue weighted by Gasteiger charge is -2.21. The van der Waals surface area contributed by atoms with Crippen molar-refractivity contribution in [3.05, 3.63) is 30.1 Å². The second-order valence-corrected chi connectivity index (χ2v) is 6.48. The van der Waals surface area contributed by atoms with E-state index in [4.69, 9.17) is 5.21 Å². The molecule has 0 unspecified atom stereocenters. The van der Waals surface area contributed by atoms with Crippen LogP contribution in [-0.4, -0.2) is 36.9 Å². The van der Waals surface area contributed by atoms with Crippen molar-refractivity contribution in [3.8, 4) is 0 Å². The quantitative estimate of drug-likeness (QED) is 0.432. The maximum Gasteiger partial charge on any atom is 0.258 e. The number of hydroxylamine groups is 1. The highest BCUT2D eigenvalue weighted by Crippen LogP contribution is 2.17. The summed E-state index contributed by atoms with van der Waals surface area (Å²) in [5.41, 5.74) is 1.40. The Morgan fingerprint density at radius 1 is 1.38 bits per heavy atom. The molecule has 0 fully saturated rings. The monoisotopic (exact) mass is 318 g/mol. The Labute approximate surface area is 123 Å². The van der Waals surface area contributed by atoms with E-state index in [1.165, 1.54) is 17.6 Å². The first-order chi connectivity index (χ1) is 9.91. The maximum atomic E-state index is 13.2. The van der Waals surface area contributed by atoms with Crippen molar-refractivity contribution in [2.24, 2.45) is 0 Å². The number of amides is 1. The number of nitrogens with one attached hydrogen (secondary N) is 1. The molecule has 0 atom stereocenters. The predicted octanol–water partition coefficient (Wildman–Crippen LogP) is 1.51. The van der Waals surface area contributed by atoms with Gasteiger partial charge in [-0.2, -0.15) is 4.31 Å². The van der Waals surface area contributed by atoms with Gasteiger partial charge in [-0.05, 0) is 24.6 Å². The highest BCUT2D eigenvalue weighted by Gasteiger charge is 2.26. The molecule has 1 aromatic carbocycles. The summed E-state index contributed by atoms with van der Waals surface area (Å²) in [5.74, 6) is -1.51. The predicted molar refractivity (Wildman–Crippen MR) is 74.6 cm³/mol. The third-order valence-electron chi connectivity index (χ3n) is 2.89. The molecule has 0 aliphatic carbocycles. The van der Waals surface area contributed by atoms with E-state index in [0.717, 1.165) is 29.3 Å². The van der Waals surface area contributed by atoms with Gasteiger partial charge in [0.05, 0.1) is 11.4 Å². The van der Waals surface area contributed by atoms with Crippen molar-refractivity contribution < 1.29 is 22.8 Å². The molecule has 2 N–H and O–H groups in total. The van der Waals surface area contributed by atoms with Crippen LogP contribution < -0.4 is 5.48 Å². The van der Waals surface area contributed by atoms with Crippen LogP contribution in [0.2, 0.25) is 0 Å². The average Bonchev–Trinajstić information content (AvgIpc) is 2.46. The van der Waals surface area contributed by atoms with Gasteiger partial charge in [-0.3, -0.25) is 10.0 Å². The molecule has 1 amide bonds. The largest absolute Gasteiger partial charge is 0.289 e. The summed E-state index contributed by atoms with van der Waals surface area (Å²) in [5, 5.41) is 8.55. The lowest BCUT2D eigenvalue weighted by atomic mass is 10.2. The van der Waals surface area contributed by atoms with Crippen LogP contribution in [0, 0.1) is 5.82 Å². The van der Waals surface area contributed by atoms with E-state index in [0.29, 0.717) is 6.42 Å². The van der Waals surface area contributed by atoms with Gasteiger partial charge in [0, 0.05) is 6.54 Å². The van der Waals surface area contributed by atoms with E-state index in [1.807, 2.05) is 6.92 Å². The Kier molecular flexibility index (Phi) is 6.73. The molecule has 118 valence electrons. The number of hydrogen-bond acceptors (Lipinski definition) is 4. The van der Waals surface area contributed by atoms with Crippen LogP contribution >= 0.6 is 0 Å². The molecule has 1 aromatic rings. The van der Waals surface area contributed by atoms with Gasteiger partial charge < -0.3 is 0 Å². The third-order valence-corrected chi connectivity index (χ3v) is 4.73. The SMILES string of the molecule is CCCCCN(CC(=O)NO)S(=O)(=O)c1cccc(F)c1. The molecule has 0 saturated heterocycles. The summed E-state index contributed by atoms with van der Waals surface area (Å²) in [6.45, 7) is 1.57. The second-order valence-electron chi connectivity index (χ2n) is 4.54. The number of rotatable bonds is 8. The fraction of sp³-hybridized carbons (Fsp3) is 0.462. The fourth-order valence-electron chi connectivity index (χ4n) is 1.79. The molecule has 0 saturated carbocycles. The maximum absolute atomic E-state index is 13.2. The molecule has 0 bridgehead atoms. The number of sulfonamides is 1. The summed E-state index contributed by atoms with van der Waals surface area (Å²) in [7, 11) is -3.99. The zero-order chi connectivity index (χ0) is 15.9. The van der Waals surface area contributed by atoms with Gasteiger partial charge in [0.2, 0.25) is 10.0 Å². The van der Waals surface area contributed by atoms with Gasteiger partial charge in [-0.25, -0.2) is 18.3 Å². The Hall–Kier alpha value is -1.51. The topological polar surface area (TPSA) is 86.7 Å². The standard InChI is InChI=1S/C13H19FN2O4S/c1-2-3-4-8-16(10-13(17)15-18)21(19,20)12-7-5-6-11(14)9-12/h5-7,9,18H,2-4,8,10H2,1H3,(H,15,17). The molecule has 1 rings (SSSR count). The molecule has 0 heterocycles. The molecule has 0 aromatic heterocycles. The van der Waals surface area contributed by atoms with Gasteiger partial charge in [0.1, 0.15) is 5.82 Å². The summed E-state index contributed by atoms with van der Waals surface area (Å²) >= 11 is 0. The van der Waals surface area contributed by atoms with Gasteiger partial charge >= 0.3 is 0 Å². The first-order valence-electron chi connectivity index (χ1n) is 6.60. The van der Waals surface area contributed by atoms with E-state index in [9.17, 15) is 17.6 Å². The Balaban J connectivity index is 3.01. The molecule has 21 heavy (non-hydrogen) atoms. The Morgan fingerprint density at radius 3 is 2.67 bits per heavy atom. The minimum atomic E-state index is -3.99. The molecule has 8 heteroatoms. The second kappa shape index (κ2) is 8.06. The lowest BCUT2D eigenvalue weighted by molar-refractivity contribution is -0.129. The van der Waals surface area contributed by atoms with E-state index < -0.39 is 28.3 Å². The minimum Gasteiger partial charge on any atom is -0.289 e. The molecular weight excluding hydrogens is 299 g/mol. The summed E-state index contributed by atoms with van der Waals surface area (Å²) in [6.07, 6.45) is 2.26. The summed E-state index contributed by atoms with van der Waals surface area (Å²) in [6, 6.07) is 4.60. The van der Waals surface area contributed by atoms with Crippen molar-refractivity contribution >= 4 is 15.9 Å². The number of unbranched alkanes of at least 4 members (excludes halogenated alkanes) is 2. The van der Waals surface area contributed by atoms with Crippen molar-refractivity contribution in [1.82, 2.24) is 9.79 Å². The van der Waals surface area contributed by atoms with Gasteiger partial charge in [-0.1, -0.05) is 25.8 Å². The Morgan fingerprint density at radius 2 is 2.10 bits per heavy atom. The minimum absolute atomic E-state index is 0.125. The van der Waals surface area contributed by atoms with Crippen LogP contribution in [0.4, 0.5) is 4.39 Å². The number of hydrogen-bond donors (Lipinski definition) is 2. The molecule has 0 spiro atoms. The number of benzene rings is 1. The highest BCUT2D eigenvalue weighted by molar-refractivity contribution is 7.89. The van der Waals surface area contributed by atoms with Crippen molar-refractivity contribution in [2.45, 2.75) is 31.1 Å². The molecule has 0 aliphatic rings. The molecule has 0 aliphatic heterocycles. The number of halogens is 1. The summed E-state index contributed by atoms with van der Waals surface area (Å²) in [4.78, 5) is 11.0. The van der Waals surface area contributed by atoms with E-state index >= 15 is 0 Å². The average molecular weight is 318 g/mol. The zero-order valence-electron chi connectivity index (χ0n) is 11.8. The van der Waals surface area contributed by atoms with Crippen LogP contribution in [0.3, 0.4) is 0 Å². The number of nitrogens with zero attached hydrogens (tertiary/aromatic N) is 1. The lowest BCUT2D eigenvalue weighted by Crippen LogP contribution is -2.40. The van der Waals surface area contributed by atoms with E-state index in [2.05, 4.69) is 0 Å². The van der Waals surface area contributed by atoms with Gasteiger partial charge in [0.25, 0.3) is 5.91 Å². The van der Waals surface area contributed by atoms with Gasteiger partial charge in [0.15, 0.2) is 0 Å². The number of carbonyl (C=O) groups excluding carboxylic acids is 1. The molecule has 6 nitrogen and oxygen atoms in total. The Bertz CT molecular complexity index is 577. The summed E-state index contributed by atoms with van der Waals surface area (Å²) < 4.78 is 39.0. The molecule has 0 radical (unpaired) electrons. The number of carbonyl (C=O) groups is 1. The van der Waals surface area contributed by atoms with Gasteiger partial charge in [-0.15, -0.1) is 0 Å². The van der Waals surface area contributed by atoms with Crippen LogP contribution in [0.5, 0.6) is 0 Å². The zero-order valence-corrected chi connectivity index (χ0v) is 12.6. The first-order valence-corrected chi connectivity index (χ1v) is 8.04. The highest BCUT2D eigenvalue weighted by atomic mass is 32.2. The van der Waals surface area contributed by atoms with Crippen LogP contribution in [0.15, 0.2) is 29.2 Å². The molecular formula is C13H19FN2O4S. The van der Waals surface area contributed by atoms with Crippen LogP contribution in [0.1, 0.15) is 26.2 Å². The van der Waals surface area contributed by atoms with E-state index in [1.54, 1.807) is 0 Å². The smallest absolute Gasteiger partial charge is 0.258 e. The van der Waals surface area contributed by atoms with Crippen LogP contribution in [-0.2, 0) is 14.8 Å². The first kappa shape index (κ1) is 17.5. The third kappa shape index (κ3) is 5.07. The van der Waals surface area contributed by atoms with Crippen molar-refractivity contribution in [2.75, 3.05) is 13.1 Å². The normalized spacial score (nSPS) is 11.6. The fourth-order valence-corrected chi connectivity index (χ4v) is 3.26. The van der Waals surface area contributed by atoms with Crippen LogP contribution in [0.25, 0.3) is 0 Å².